The number of benzene rings is 2. The van der Waals surface area contributed by atoms with Crippen LogP contribution in [0.1, 0.15) is 5.56 Å². The normalized spacial score (nSPS) is 13.2. The first-order valence-corrected chi connectivity index (χ1v) is 7.07. The molecule has 4 rings (SSSR count). The number of ether oxygens (including phenoxy) is 1. The Morgan fingerprint density at radius 3 is 2.90 bits per heavy atom. The molecule has 3 aromatic rings. The van der Waals surface area contributed by atoms with Gasteiger partial charge in [-0.05, 0) is 42.0 Å². The van der Waals surface area contributed by atoms with E-state index >= 15 is 0 Å². The van der Waals surface area contributed by atoms with Crippen LogP contribution in [0.2, 0.25) is 5.02 Å². The van der Waals surface area contributed by atoms with Crippen LogP contribution in [0.5, 0.6) is 5.75 Å². The standard InChI is InChI=1S/C16H12ClN3O/c17-11-2-3-12-13(8-11)19-16(20-15(12)18)10-1-4-14-9(7-10)5-6-21-14/h1-4,7-8H,5-6H2,(H2,18,19,20). The monoisotopic (exact) mass is 297 g/mol. The van der Waals surface area contributed by atoms with Crippen molar-refractivity contribution in [1.29, 1.82) is 0 Å². The van der Waals surface area contributed by atoms with E-state index in [0.717, 1.165) is 35.2 Å². The lowest BCUT2D eigenvalue weighted by Crippen LogP contribution is -1.98. The number of halogens is 1. The predicted octanol–water partition coefficient (Wildman–Crippen LogP) is 3.47. The Kier molecular flexibility index (Phi) is 2.72. The Labute approximate surface area is 126 Å². The lowest BCUT2D eigenvalue weighted by molar-refractivity contribution is 0.357. The predicted molar refractivity (Wildman–Crippen MR) is 83.6 cm³/mol. The number of aromatic nitrogens is 2. The Hall–Kier alpha value is -2.33. The maximum Gasteiger partial charge on any atom is 0.162 e. The minimum Gasteiger partial charge on any atom is -0.493 e. The summed E-state index contributed by atoms with van der Waals surface area (Å²) in [6.07, 6.45) is 0.915. The molecule has 4 nitrogen and oxygen atoms in total. The van der Waals surface area contributed by atoms with E-state index in [2.05, 4.69) is 16.0 Å². The zero-order valence-electron chi connectivity index (χ0n) is 11.1. The van der Waals surface area contributed by atoms with Gasteiger partial charge in [0.1, 0.15) is 11.6 Å². The summed E-state index contributed by atoms with van der Waals surface area (Å²) in [7, 11) is 0. The Bertz CT molecular complexity index is 864. The van der Waals surface area contributed by atoms with Crippen LogP contribution in [0, 0.1) is 0 Å². The lowest BCUT2D eigenvalue weighted by atomic mass is 10.1. The van der Waals surface area contributed by atoms with Crippen LogP contribution in [0.4, 0.5) is 5.82 Å². The van der Waals surface area contributed by atoms with Gasteiger partial charge in [0.2, 0.25) is 0 Å². The fourth-order valence-corrected chi connectivity index (χ4v) is 2.75. The molecule has 1 aromatic heterocycles. The topological polar surface area (TPSA) is 61.0 Å². The molecule has 2 aromatic carbocycles. The van der Waals surface area contributed by atoms with Crippen LogP contribution in [-0.2, 0) is 6.42 Å². The molecule has 0 atom stereocenters. The quantitative estimate of drug-likeness (QED) is 0.747. The number of rotatable bonds is 1. The summed E-state index contributed by atoms with van der Waals surface area (Å²) in [5.74, 6) is 2.01. The van der Waals surface area contributed by atoms with Crippen LogP contribution in [0.15, 0.2) is 36.4 Å². The van der Waals surface area contributed by atoms with Crippen molar-refractivity contribution >= 4 is 28.3 Å². The lowest BCUT2D eigenvalue weighted by Gasteiger charge is -2.07. The first kappa shape index (κ1) is 12.4. The molecule has 0 amide bonds. The molecule has 0 fully saturated rings. The van der Waals surface area contributed by atoms with Crippen molar-refractivity contribution in [2.75, 3.05) is 12.3 Å². The van der Waals surface area contributed by atoms with E-state index in [9.17, 15) is 0 Å². The van der Waals surface area contributed by atoms with Gasteiger partial charge in [0.15, 0.2) is 5.82 Å². The summed E-state index contributed by atoms with van der Waals surface area (Å²) < 4.78 is 5.52. The summed E-state index contributed by atoms with van der Waals surface area (Å²) in [5, 5.41) is 1.45. The molecule has 0 bridgehead atoms. The highest BCUT2D eigenvalue weighted by Gasteiger charge is 2.14. The number of nitrogens with two attached hydrogens (primary N) is 1. The van der Waals surface area contributed by atoms with E-state index in [4.69, 9.17) is 22.1 Å². The smallest absolute Gasteiger partial charge is 0.162 e. The van der Waals surface area contributed by atoms with Crippen molar-refractivity contribution in [1.82, 2.24) is 9.97 Å². The molecule has 5 heteroatoms. The number of hydrogen-bond donors (Lipinski definition) is 1. The second-order valence-electron chi connectivity index (χ2n) is 5.01. The molecule has 2 heterocycles. The van der Waals surface area contributed by atoms with Gasteiger partial charge in [-0.25, -0.2) is 9.97 Å². The summed E-state index contributed by atoms with van der Waals surface area (Å²) in [6.45, 7) is 0.731. The number of nitrogen functional groups attached to an aromatic ring is 1. The van der Waals surface area contributed by atoms with E-state index in [-0.39, 0.29) is 0 Å². The minimum absolute atomic E-state index is 0.461. The van der Waals surface area contributed by atoms with E-state index in [1.807, 2.05) is 18.2 Å². The van der Waals surface area contributed by atoms with Gasteiger partial charge < -0.3 is 10.5 Å². The van der Waals surface area contributed by atoms with Crippen LogP contribution in [0.25, 0.3) is 22.3 Å². The molecule has 0 radical (unpaired) electrons. The van der Waals surface area contributed by atoms with Crippen molar-refractivity contribution in [3.05, 3.63) is 47.0 Å². The summed E-state index contributed by atoms with van der Waals surface area (Å²) in [4.78, 5) is 8.99. The molecule has 0 saturated carbocycles. The van der Waals surface area contributed by atoms with E-state index in [0.29, 0.717) is 16.7 Å². The molecule has 0 unspecified atom stereocenters. The van der Waals surface area contributed by atoms with Crippen LogP contribution in [0.3, 0.4) is 0 Å². The molecule has 104 valence electrons. The van der Waals surface area contributed by atoms with Crippen LogP contribution in [-0.4, -0.2) is 16.6 Å². The fourth-order valence-electron chi connectivity index (χ4n) is 2.58. The molecule has 0 aliphatic carbocycles. The van der Waals surface area contributed by atoms with Gasteiger partial charge in [0.25, 0.3) is 0 Å². The second kappa shape index (κ2) is 4.60. The first-order valence-electron chi connectivity index (χ1n) is 6.69. The summed E-state index contributed by atoms with van der Waals surface area (Å²) in [5.41, 5.74) is 8.91. The number of hydrogen-bond acceptors (Lipinski definition) is 4. The van der Waals surface area contributed by atoms with Gasteiger partial charge in [-0.3, -0.25) is 0 Å². The number of anilines is 1. The van der Waals surface area contributed by atoms with Crippen molar-refractivity contribution in [2.45, 2.75) is 6.42 Å². The summed E-state index contributed by atoms with van der Waals surface area (Å²) >= 11 is 6.03. The highest BCUT2D eigenvalue weighted by Crippen LogP contribution is 2.31. The second-order valence-corrected chi connectivity index (χ2v) is 5.45. The van der Waals surface area contributed by atoms with E-state index in [1.165, 1.54) is 5.56 Å². The Morgan fingerprint density at radius 2 is 2.00 bits per heavy atom. The average molecular weight is 298 g/mol. The molecule has 21 heavy (non-hydrogen) atoms. The molecular formula is C16H12ClN3O. The maximum atomic E-state index is 6.04. The average Bonchev–Trinajstić information content (AvgIpc) is 2.94. The number of nitrogens with zero attached hydrogens (tertiary/aromatic N) is 2. The Morgan fingerprint density at radius 1 is 1.10 bits per heavy atom. The van der Waals surface area contributed by atoms with Crippen molar-refractivity contribution in [3.8, 4) is 17.1 Å². The third-order valence-electron chi connectivity index (χ3n) is 3.64. The van der Waals surface area contributed by atoms with E-state index < -0.39 is 0 Å². The summed E-state index contributed by atoms with van der Waals surface area (Å²) in [6, 6.07) is 11.4. The SMILES string of the molecule is Nc1nc(-c2ccc3c(c2)CCO3)nc2cc(Cl)ccc12. The van der Waals surface area contributed by atoms with Crippen molar-refractivity contribution in [2.24, 2.45) is 0 Å². The van der Waals surface area contributed by atoms with Gasteiger partial charge in [-0.15, -0.1) is 0 Å². The van der Waals surface area contributed by atoms with Gasteiger partial charge in [-0.1, -0.05) is 11.6 Å². The zero-order chi connectivity index (χ0) is 14.4. The largest absolute Gasteiger partial charge is 0.493 e. The highest BCUT2D eigenvalue weighted by molar-refractivity contribution is 6.31. The van der Waals surface area contributed by atoms with E-state index in [1.54, 1.807) is 12.1 Å². The van der Waals surface area contributed by atoms with Crippen molar-refractivity contribution in [3.63, 3.8) is 0 Å². The number of fused-ring (bicyclic) bond motifs is 2. The molecule has 2 N–H and O–H groups in total. The Balaban J connectivity index is 1.90. The third-order valence-corrected chi connectivity index (χ3v) is 3.87. The van der Waals surface area contributed by atoms with Crippen molar-refractivity contribution < 1.29 is 4.74 Å². The van der Waals surface area contributed by atoms with Gasteiger partial charge in [-0.2, -0.15) is 0 Å². The highest BCUT2D eigenvalue weighted by atomic mass is 35.5. The molecular weight excluding hydrogens is 286 g/mol. The zero-order valence-corrected chi connectivity index (χ0v) is 11.9. The minimum atomic E-state index is 0.461. The van der Waals surface area contributed by atoms with Gasteiger partial charge in [0.05, 0.1) is 12.1 Å². The first-order chi connectivity index (χ1) is 10.2. The van der Waals surface area contributed by atoms with Gasteiger partial charge in [0, 0.05) is 22.4 Å². The van der Waals surface area contributed by atoms with Gasteiger partial charge >= 0.3 is 0 Å². The van der Waals surface area contributed by atoms with Crippen LogP contribution < -0.4 is 10.5 Å². The molecule has 0 spiro atoms. The molecule has 1 aliphatic rings. The maximum absolute atomic E-state index is 6.04. The fraction of sp³-hybridized carbons (Fsp3) is 0.125. The van der Waals surface area contributed by atoms with Crippen LogP contribution >= 0.6 is 11.6 Å². The molecule has 1 aliphatic heterocycles. The molecule has 0 saturated heterocycles. The third kappa shape index (κ3) is 2.08.